The van der Waals surface area contributed by atoms with Crippen LogP contribution in [0.3, 0.4) is 0 Å². The highest BCUT2D eigenvalue weighted by atomic mass is 16.5. The van der Waals surface area contributed by atoms with E-state index in [0.29, 0.717) is 12.5 Å². The Hall–Kier alpha value is -1.26. The summed E-state index contributed by atoms with van der Waals surface area (Å²) in [6.45, 7) is 3.74. The summed E-state index contributed by atoms with van der Waals surface area (Å²) in [6.07, 6.45) is 4.66. The summed E-state index contributed by atoms with van der Waals surface area (Å²) in [5.41, 5.74) is 1.36. The fraction of sp³-hybridized carbons (Fsp3) is 0.647. The molecule has 21 heavy (non-hydrogen) atoms. The van der Waals surface area contributed by atoms with Crippen LogP contribution in [0.4, 0.5) is 0 Å². The highest BCUT2D eigenvalue weighted by molar-refractivity contribution is 5.44. The molecular weight excluding hydrogens is 266 g/mol. The third-order valence-electron chi connectivity index (χ3n) is 4.41. The van der Waals surface area contributed by atoms with Crippen LogP contribution >= 0.6 is 0 Å². The van der Waals surface area contributed by atoms with Crippen molar-refractivity contribution in [3.63, 3.8) is 0 Å². The number of ether oxygens (including phenoxy) is 3. The molecule has 0 radical (unpaired) electrons. The molecule has 116 valence electrons. The first-order valence-corrected chi connectivity index (χ1v) is 8.00. The first-order valence-electron chi connectivity index (χ1n) is 8.00. The zero-order valence-corrected chi connectivity index (χ0v) is 12.8. The van der Waals surface area contributed by atoms with Crippen molar-refractivity contribution in [1.29, 1.82) is 0 Å². The van der Waals surface area contributed by atoms with Crippen molar-refractivity contribution in [2.75, 3.05) is 33.4 Å². The van der Waals surface area contributed by atoms with E-state index in [1.54, 1.807) is 7.11 Å². The highest BCUT2D eigenvalue weighted by Crippen LogP contribution is 2.34. The Balaban J connectivity index is 1.71. The molecule has 2 aliphatic rings. The van der Waals surface area contributed by atoms with Gasteiger partial charge in [-0.3, -0.25) is 0 Å². The molecule has 2 saturated heterocycles. The molecule has 4 nitrogen and oxygen atoms in total. The van der Waals surface area contributed by atoms with Crippen LogP contribution in [0.25, 0.3) is 0 Å². The molecule has 0 spiro atoms. The van der Waals surface area contributed by atoms with Gasteiger partial charge in [-0.2, -0.15) is 0 Å². The quantitative estimate of drug-likeness (QED) is 0.926. The first kappa shape index (κ1) is 14.7. The number of hydrogen-bond acceptors (Lipinski definition) is 4. The Morgan fingerprint density at radius 3 is 2.71 bits per heavy atom. The molecule has 0 aromatic heterocycles. The highest BCUT2D eigenvalue weighted by Gasteiger charge is 2.20. The molecule has 1 unspecified atom stereocenters. The van der Waals surface area contributed by atoms with Crippen molar-refractivity contribution in [2.24, 2.45) is 0 Å². The van der Waals surface area contributed by atoms with Gasteiger partial charge in [-0.25, -0.2) is 0 Å². The molecule has 2 heterocycles. The van der Waals surface area contributed by atoms with Gasteiger partial charge in [0, 0.05) is 6.61 Å². The molecular formula is C17H25NO3. The van der Waals surface area contributed by atoms with E-state index in [9.17, 15) is 0 Å². The molecule has 2 aliphatic heterocycles. The van der Waals surface area contributed by atoms with Crippen molar-refractivity contribution >= 4 is 0 Å². The van der Waals surface area contributed by atoms with E-state index in [2.05, 4.69) is 23.5 Å². The summed E-state index contributed by atoms with van der Waals surface area (Å²) < 4.78 is 17.1. The predicted octanol–water partition coefficient (Wildman–Crippen LogP) is 2.72. The maximum Gasteiger partial charge on any atom is 0.161 e. The van der Waals surface area contributed by atoms with E-state index in [1.165, 1.54) is 18.4 Å². The van der Waals surface area contributed by atoms with Crippen molar-refractivity contribution in [1.82, 2.24) is 5.32 Å². The van der Waals surface area contributed by atoms with Gasteiger partial charge in [-0.15, -0.1) is 0 Å². The molecule has 1 atom stereocenters. The van der Waals surface area contributed by atoms with Crippen LogP contribution in [-0.2, 0) is 4.74 Å². The molecule has 1 N–H and O–H groups in total. The summed E-state index contributed by atoms with van der Waals surface area (Å²) in [5.74, 6) is 2.31. The van der Waals surface area contributed by atoms with Gasteiger partial charge in [-0.05, 0) is 62.4 Å². The summed E-state index contributed by atoms with van der Waals surface area (Å²) >= 11 is 0. The largest absolute Gasteiger partial charge is 0.493 e. The second kappa shape index (κ2) is 7.14. The molecule has 4 heteroatoms. The van der Waals surface area contributed by atoms with Crippen LogP contribution in [0, 0.1) is 0 Å². The minimum Gasteiger partial charge on any atom is -0.493 e. The standard InChI is InChI=1S/C17H25NO3/c1-19-17-11-14(13-6-8-18-9-7-13)4-5-16(17)21-15-3-2-10-20-12-15/h4-5,11,13,15,18H,2-3,6-10,12H2,1H3. The fourth-order valence-corrected chi connectivity index (χ4v) is 3.17. The van der Waals surface area contributed by atoms with Gasteiger partial charge in [-0.1, -0.05) is 6.07 Å². The Kier molecular flexibility index (Phi) is 4.99. The molecule has 3 rings (SSSR count). The molecule has 0 bridgehead atoms. The SMILES string of the molecule is COc1cc(C2CCNCC2)ccc1OC1CCCOC1. The maximum atomic E-state index is 6.06. The van der Waals surface area contributed by atoms with E-state index >= 15 is 0 Å². The van der Waals surface area contributed by atoms with Crippen molar-refractivity contribution in [3.8, 4) is 11.5 Å². The Morgan fingerprint density at radius 2 is 2.00 bits per heavy atom. The van der Waals surface area contributed by atoms with Crippen LogP contribution in [0.1, 0.15) is 37.2 Å². The Morgan fingerprint density at radius 1 is 1.14 bits per heavy atom. The van der Waals surface area contributed by atoms with Gasteiger partial charge in [0.05, 0.1) is 13.7 Å². The lowest BCUT2D eigenvalue weighted by Crippen LogP contribution is -2.28. The minimum atomic E-state index is 0.150. The first-order chi connectivity index (χ1) is 10.4. The number of rotatable bonds is 4. The molecule has 1 aromatic rings. The van der Waals surface area contributed by atoms with Crippen LogP contribution in [0.2, 0.25) is 0 Å². The predicted molar refractivity (Wildman–Crippen MR) is 82.3 cm³/mol. The van der Waals surface area contributed by atoms with Gasteiger partial charge in [0.1, 0.15) is 6.10 Å². The summed E-state index contributed by atoms with van der Waals surface area (Å²) in [7, 11) is 1.71. The van der Waals surface area contributed by atoms with E-state index < -0.39 is 0 Å². The van der Waals surface area contributed by atoms with Crippen molar-refractivity contribution in [2.45, 2.75) is 37.7 Å². The number of piperidine rings is 1. The molecule has 1 aromatic carbocycles. The van der Waals surface area contributed by atoms with Crippen molar-refractivity contribution in [3.05, 3.63) is 23.8 Å². The average Bonchev–Trinajstić information content (AvgIpc) is 2.57. The Bertz CT molecular complexity index is 451. The lowest BCUT2D eigenvalue weighted by Gasteiger charge is -2.26. The van der Waals surface area contributed by atoms with E-state index in [1.807, 2.05) is 0 Å². The number of nitrogens with one attached hydrogen (secondary N) is 1. The minimum absolute atomic E-state index is 0.150. The van der Waals surface area contributed by atoms with Gasteiger partial charge in [0.15, 0.2) is 11.5 Å². The summed E-state index contributed by atoms with van der Waals surface area (Å²) in [6, 6.07) is 6.40. The molecule has 2 fully saturated rings. The Labute approximate surface area is 126 Å². The van der Waals surface area contributed by atoms with Crippen LogP contribution < -0.4 is 14.8 Å². The zero-order valence-electron chi connectivity index (χ0n) is 12.8. The van der Waals surface area contributed by atoms with Gasteiger partial charge in [0.25, 0.3) is 0 Å². The number of benzene rings is 1. The number of hydrogen-bond donors (Lipinski definition) is 1. The normalized spacial score (nSPS) is 23.8. The summed E-state index contributed by atoms with van der Waals surface area (Å²) in [4.78, 5) is 0. The topological polar surface area (TPSA) is 39.7 Å². The second-order valence-electron chi connectivity index (χ2n) is 5.89. The van der Waals surface area contributed by atoms with Gasteiger partial charge >= 0.3 is 0 Å². The monoisotopic (exact) mass is 291 g/mol. The average molecular weight is 291 g/mol. The summed E-state index contributed by atoms with van der Waals surface area (Å²) in [5, 5.41) is 3.41. The van der Waals surface area contributed by atoms with E-state index in [4.69, 9.17) is 14.2 Å². The third kappa shape index (κ3) is 3.69. The van der Waals surface area contributed by atoms with E-state index in [0.717, 1.165) is 44.0 Å². The molecule has 0 amide bonds. The smallest absolute Gasteiger partial charge is 0.161 e. The van der Waals surface area contributed by atoms with Gasteiger partial charge in [0.2, 0.25) is 0 Å². The zero-order chi connectivity index (χ0) is 14.5. The maximum absolute atomic E-state index is 6.06. The van der Waals surface area contributed by atoms with Crippen LogP contribution in [0.15, 0.2) is 18.2 Å². The lowest BCUT2D eigenvalue weighted by molar-refractivity contribution is 0.00643. The molecule has 0 aliphatic carbocycles. The number of methoxy groups -OCH3 is 1. The lowest BCUT2D eigenvalue weighted by atomic mass is 9.90. The van der Waals surface area contributed by atoms with Crippen LogP contribution in [-0.4, -0.2) is 39.5 Å². The second-order valence-corrected chi connectivity index (χ2v) is 5.89. The van der Waals surface area contributed by atoms with Crippen LogP contribution in [0.5, 0.6) is 11.5 Å². The van der Waals surface area contributed by atoms with Gasteiger partial charge < -0.3 is 19.5 Å². The van der Waals surface area contributed by atoms with E-state index in [-0.39, 0.29) is 6.10 Å². The third-order valence-corrected chi connectivity index (χ3v) is 4.41. The van der Waals surface area contributed by atoms with Crippen molar-refractivity contribution < 1.29 is 14.2 Å². The molecule has 0 saturated carbocycles. The fourth-order valence-electron chi connectivity index (χ4n) is 3.17.